The molecule has 1 fully saturated rings. The molecule has 1 aromatic carbocycles. The van der Waals surface area contributed by atoms with Gasteiger partial charge in [-0.25, -0.2) is 22.9 Å². The Balaban J connectivity index is 2.05. The first kappa shape index (κ1) is 18.9. The molecule has 1 saturated heterocycles. The zero-order chi connectivity index (χ0) is 20.9. The lowest BCUT2D eigenvalue weighted by molar-refractivity contribution is -0.412. The Hall–Kier alpha value is -3.40. The predicted octanol–water partition coefficient (Wildman–Crippen LogP) is 1.32. The van der Waals surface area contributed by atoms with E-state index in [-0.39, 0.29) is 28.6 Å². The molecule has 0 radical (unpaired) electrons. The summed E-state index contributed by atoms with van der Waals surface area (Å²) in [6.07, 6.45) is 1.64. The highest BCUT2D eigenvalue weighted by Gasteiger charge is 2.27. The van der Waals surface area contributed by atoms with Crippen LogP contribution in [0.3, 0.4) is 0 Å². The van der Waals surface area contributed by atoms with Crippen molar-refractivity contribution in [3.05, 3.63) is 63.7 Å². The van der Waals surface area contributed by atoms with Crippen molar-refractivity contribution in [1.82, 2.24) is 9.55 Å². The number of carboxylic acid groups (broad SMARTS) is 1. The fourth-order valence-corrected chi connectivity index (χ4v) is 3.47. The number of carboxylic acids is 1. The number of aromatic carboxylic acids is 1. The number of halogens is 3. The van der Waals surface area contributed by atoms with Crippen LogP contribution in [0, 0.1) is 17.5 Å². The first-order chi connectivity index (χ1) is 13.8. The Morgan fingerprint density at radius 1 is 1.21 bits per heavy atom. The minimum Gasteiger partial charge on any atom is -0.477 e. The first-order valence-electron chi connectivity index (χ1n) is 8.79. The monoisotopic (exact) mass is 405 g/mol. The number of benzene rings is 1. The summed E-state index contributed by atoms with van der Waals surface area (Å²) in [5, 5.41) is 9.02. The molecule has 0 unspecified atom stereocenters. The first-order valence-corrected chi connectivity index (χ1v) is 8.79. The Labute approximate surface area is 161 Å². The number of hydrogen-bond acceptors (Lipinski definition) is 4. The van der Waals surface area contributed by atoms with Crippen molar-refractivity contribution in [1.29, 1.82) is 0 Å². The standard InChI is InChI=1S/C19H15F3N4O3/c20-9-1-2-15(13(21)5-9)26-8-12(19(28)29)16(27)11-6-14(22)18(24-17(11)26)25-4-3-10(23)7-25/h1-2,5-6,8,10H,3-4,7,23H2,(H,28,29)/p+1/t10-/m1/s1. The number of pyridine rings is 2. The number of fused-ring (bicyclic) bond motifs is 1. The lowest BCUT2D eigenvalue weighted by Crippen LogP contribution is -2.61. The van der Waals surface area contributed by atoms with Crippen LogP contribution in [0.1, 0.15) is 16.8 Å². The van der Waals surface area contributed by atoms with Gasteiger partial charge in [0, 0.05) is 25.2 Å². The molecule has 1 aliphatic heterocycles. The SMILES string of the molecule is [NH3+][C@@H]1CCN(c2nc3c(cc2F)c(=O)c(C(=O)O)cn3-c2ccc(F)cc2F)C1. The molecule has 1 aliphatic rings. The van der Waals surface area contributed by atoms with Crippen LogP contribution < -0.4 is 16.1 Å². The third kappa shape index (κ3) is 3.21. The molecule has 29 heavy (non-hydrogen) atoms. The normalized spacial score (nSPS) is 16.6. The third-order valence-electron chi connectivity index (χ3n) is 4.90. The Morgan fingerprint density at radius 3 is 2.59 bits per heavy atom. The summed E-state index contributed by atoms with van der Waals surface area (Å²) in [5.41, 5.74) is 1.96. The highest BCUT2D eigenvalue weighted by molar-refractivity contribution is 5.92. The van der Waals surface area contributed by atoms with Crippen LogP contribution in [0.15, 0.2) is 35.3 Å². The van der Waals surface area contributed by atoms with Crippen molar-refractivity contribution in [3.63, 3.8) is 0 Å². The Morgan fingerprint density at radius 2 is 1.97 bits per heavy atom. The summed E-state index contributed by atoms with van der Waals surface area (Å²) in [6, 6.07) is 3.69. The maximum atomic E-state index is 14.7. The summed E-state index contributed by atoms with van der Waals surface area (Å²) in [7, 11) is 0. The second-order valence-electron chi connectivity index (χ2n) is 6.91. The van der Waals surface area contributed by atoms with Crippen LogP contribution in [-0.2, 0) is 0 Å². The molecule has 2 aromatic heterocycles. The van der Waals surface area contributed by atoms with Crippen molar-refractivity contribution in [2.75, 3.05) is 18.0 Å². The van der Waals surface area contributed by atoms with Gasteiger partial charge in [-0.2, -0.15) is 0 Å². The number of aromatic nitrogens is 2. The fraction of sp³-hybridized carbons (Fsp3) is 0.211. The van der Waals surface area contributed by atoms with Gasteiger partial charge in [0.05, 0.1) is 17.6 Å². The lowest BCUT2D eigenvalue weighted by Gasteiger charge is -2.19. The van der Waals surface area contributed by atoms with E-state index in [2.05, 4.69) is 10.7 Å². The van der Waals surface area contributed by atoms with Crippen molar-refractivity contribution in [2.24, 2.45) is 0 Å². The topological polar surface area (TPSA) is 103 Å². The second-order valence-corrected chi connectivity index (χ2v) is 6.91. The van der Waals surface area contributed by atoms with Crippen LogP contribution in [0.2, 0.25) is 0 Å². The number of anilines is 1. The number of nitrogens with zero attached hydrogens (tertiary/aromatic N) is 3. The maximum Gasteiger partial charge on any atom is 0.341 e. The van der Waals surface area contributed by atoms with Crippen LogP contribution in [-0.4, -0.2) is 39.8 Å². The van der Waals surface area contributed by atoms with Crippen molar-refractivity contribution < 1.29 is 28.8 Å². The Bertz CT molecular complexity index is 1210. The average molecular weight is 405 g/mol. The van der Waals surface area contributed by atoms with E-state index in [9.17, 15) is 27.9 Å². The predicted molar refractivity (Wildman–Crippen MR) is 97.7 cm³/mol. The molecule has 0 spiro atoms. The minimum atomic E-state index is -1.56. The van der Waals surface area contributed by atoms with Crippen molar-refractivity contribution >= 4 is 22.8 Å². The summed E-state index contributed by atoms with van der Waals surface area (Å²) in [4.78, 5) is 29.9. The fourth-order valence-electron chi connectivity index (χ4n) is 3.47. The summed E-state index contributed by atoms with van der Waals surface area (Å²) in [5.74, 6) is -4.21. The molecule has 0 aliphatic carbocycles. The summed E-state index contributed by atoms with van der Waals surface area (Å²) >= 11 is 0. The van der Waals surface area contributed by atoms with E-state index in [1.807, 2.05) is 0 Å². The van der Waals surface area contributed by atoms with Gasteiger partial charge in [0.15, 0.2) is 17.3 Å². The molecule has 3 heterocycles. The van der Waals surface area contributed by atoms with Crippen LogP contribution in [0.25, 0.3) is 16.7 Å². The van der Waals surface area contributed by atoms with E-state index in [0.29, 0.717) is 19.2 Å². The quantitative estimate of drug-likeness (QED) is 0.684. The number of hydrogen-bond donors (Lipinski definition) is 2. The molecule has 3 aromatic rings. The van der Waals surface area contributed by atoms with Gasteiger partial charge in [-0.15, -0.1) is 0 Å². The van der Waals surface area contributed by atoms with Gasteiger partial charge in [0.25, 0.3) is 0 Å². The number of quaternary nitrogens is 1. The van der Waals surface area contributed by atoms with E-state index in [1.54, 1.807) is 4.90 Å². The molecule has 4 rings (SSSR count). The number of carbonyl (C=O) groups is 1. The van der Waals surface area contributed by atoms with Gasteiger partial charge >= 0.3 is 5.97 Å². The molecule has 4 N–H and O–H groups in total. The summed E-state index contributed by atoms with van der Waals surface area (Å²) in [6.45, 7) is 0.962. The number of rotatable bonds is 3. The molecule has 150 valence electrons. The third-order valence-corrected chi connectivity index (χ3v) is 4.90. The molecule has 0 bridgehead atoms. The molecule has 0 saturated carbocycles. The second kappa shape index (κ2) is 6.89. The average Bonchev–Trinajstić information content (AvgIpc) is 3.08. The van der Waals surface area contributed by atoms with E-state index in [1.165, 1.54) is 0 Å². The highest BCUT2D eigenvalue weighted by Crippen LogP contribution is 2.26. The zero-order valence-corrected chi connectivity index (χ0v) is 15.0. The van der Waals surface area contributed by atoms with Crippen molar-refractivity contribution in [3.8, 4) is 5.69 Å². The van der Waals surface area contributed by atoms with Gasteiger partial charge in [-0.1, -0.05) is 0 Å². The van der Waals surface area contributed by atoms with Gasteiger partial charge in [-0.3, -0.25) is 9.36 Å². The van der Waals surface area contributed by atoms with E-state index in [0.717, 1.165) is 35.4 Å². The molecule has 7 nitrogen and oxygen atoms in total. The highest BCUT2D eigenvalue weighted by atomic mass is 19.1. The maximum absolute atomic E-state index is 14.7. The van der Waals surface area contributed by atoms with E-state index >= 15 is 0 Å². The molecular formula is C19H16F3N4O3+. The van der Waals surface area contributed by atoms with Crippen molar-refractivity contribution in [2.45, 2.75) is 12.5 Å². The van der Waals surface area contributed by atoms with Gasteiger partial charge < -0.3 is 15.7 Å². The summed E-state index contributed by atoms with van der Waals surface area (Å²) < 4.78 is 43.5. The van der Waals surface area contributed by atoms with Gasteiger partial charge in [-0.05, 0) is 18.2 Å². The van der Waals surface area contributed by atoms with Crippen LogP contribution in [0.5, 0.6) is 0 Å². The zero-order valence-electron chi connectivity index (χ0n) is 15.0. The largest absolute Gasteiger partial charge is 0.477 e. The van der Waals surface area contributed by atoms with E-state index < -0.39 is 34.4 Å². The van der Waals surface area contributed by atoms with E-state index in [4.69, 9.17) is 0 Å². The molecule has 1 atom stereocenters. The molecular weight excluding hydrogens is 389 g/mol. The van der Waals surface area contributed by atoms with Gasteiger partial charge in [0.1, 0.15) is 23.2 Å². The smallest absolute Gasteiger partial charge is 0.341 e. The van der Waals surface area contributed by atoms with Gasteiger partial charge in [0.2, 0.25) is 5.43 Å². The lowest BCUT2D eigenvalue weighted by atomic mass is 10.1. The molecule has 0 amide bonds. The molecule has 10 heteroatoms. The minimum absolute atomic E-state index is 0.0394. The Kier molecular flexibility index (Phi) is 4.50. The van der Waals surface area contributed by atoms with Crippen LogP contribution in [0.4, 0.5) is 19.0 Å². The van der Waals surface area contributed by atoms with Crippen LogP contribution >= 0.6 is 0 Å².